The number of hydrogen-bond donors (Lipinski definition) is 1. The van der Waals surface area contributed by atoms with Gasteiger partial charge in [-0.3, -0.25) is 4.79 Å². The van der Waals surface area contributed by atoms with Crippen molar-refractivity contribution >= 4 is 22.7 Å². The van der Waals surface area contributed by atoms with Crippen molar-refractivity contribution in [3.05, 3.63) is 48.0 Å². The number of anilines is 1. The summed E-state index contributed by atoms with van der Waals surface area (Å²) in [4.78, 5) is 21.1. The summed E-state index contributed by atoms with van der Waals surface area (Å²) in [6, 6.07) is 8.85. The Balaban J connectivity index is 1.58. The standard InChI is InChI=1S/C18H17N3O3/c1-2-23-18-13(4-3-9-19-18)16(22)20-12-7-8-15-14(10-12)21-17(24-15)11-5-6-11/h3-4,7-11H,2,5-6H2,1H3,(H,20,22). The van der Waals surface area contributed by atoms with Crippen LogP contribution >= 0.6 is 0 Å². The lowest BCUT2D eigenvalue weighted by Crippen LogP contribution is -2.14. The van der Waals surface area contributed by atoms with Gasteiger partial charge in [0.25, 0.3) is 5.91 Å². The van der Waals surface area contributed by atoms with Gasteiger partial charge in [-0.2, -0.15) is 0 Å². The van der Waals surface area contributed by atoms with Crippen molar-refractivity contribution in [2.24, 2.45) is 0 Å². The Bertz CT molecular complexity index is 899. The van der Waals surface area contributed by atoms with E-state index in [0.717, 1.165) is 29.8 Å². The van der Waals surface area contributed by atoms with Crippen LogP contribution in [0.3, 0.4) is 0 Å². The topological polar surface area (TPSA) is 77.2 Å². The highest BCUT2D eigenvalue weighted by molar-refractivity contribution is 6.06. The normalized spacial score (nSPS) is 13.9. The van der Waals surface area contributed by atoms with E-state index in [-0.39, 0.29) is 5.91 Å². The highest BCUT2D eigenvalue weighted by atomic mass is 16.5. The number of nitrogens with zero attached hydrogens (tertiary/aromatic N) is 2. The van der Waals surface area contributed by atoms with Crippen LogP contribution in [0.25, 0.3) is 11.1 Å². The minimum Gasteiger partial charge on any atom is -0.477 e. The van der Waals surface area contributed by atoms with Gasteiger partial charge >= 0.3 is 0 Å². The van der Waals surface area contributed by atoms with Gasteiger partial charge in [-0.05, 0) is 50.1 Å². The van der Waals surface area contributed by atoms with Crippen molar-refractivity contribution in [1.82, 2.24) is 9.97 Å². The zero-order valence-electron chi connectivity index (χ0n) is 13.3. The second-order valence-electron chi connectivity index (χ2n) is 5.75. The van der Waals surface area contributed by atoms with E-state index < -0.39 is 0 Å². The Morgan fingerprint density at radius 3 is 3.04 bits per heavy atom. The summed E-state index contributed by atoms with van der Waals surface area (Å²) in [5.74, 6) is 1.31. The summed E-state index contributed by atoms with van der Waals surface area (Å²) in [6.07, 6.45) is 3.87. The average Bonchev–Trinajstić information content (AvgIpc) is 3.35. The van der Waals surface area contributed by atoms with Crippen molar-refractivity contribution in [3.8, 4) is 5.88 Å². The Morgan fingerprint density at radius 1 is 1.38 bits per heavy atom. The Labute approximate surface area is 138 Å². The number of carbonyl (C=O) groups is 1. The van der Waals surface area contributed by atoms with E-state index in [1.807, 2.05) is 19.1 Å². The van der Waals surface area contributed by atoms with Crippen molar-refractivity contribution < 1.29 is 13.9 Å². The van der Waals surface area contributed by atoms with Crippen LogP contribution in [-0.4, -0.2) is 22.5 Å². The van der Waals surface area contributed by atoms with Gasteiger partial charge in [-0.1, -0.05) is 0 Å². The monoisotopic (exact) mass is 323 g/mol. The molecule has 3 aromatic rings. The number of fused-ring (bicyclic) bond motifs is 1. The molecule has 0 radical (unpaired) electrons. The molecule has 24 heavy (non-hydrogen) atoms. The van der Waals surface area contributed by atoms with E-state index in [9.17, 15) is 4.79 Å². The first-order chi connectivity index (χ1) is 11.7. The second kappa shape index (κ2) is 5.96. The Hall–Kier alpha value is -2.89. The summed E-state index contributed by atoms with van der Waals surface area (Å²) in [5, 5.41) is 2.86. The fourth-order valence-electron chi connectivity index (χ4n) is 2.54. The SMILES string of the molecule is CCOc1ncccc1C(=O)Nc1ccc2oc(C3CC3)nc2c1. The van der Waals surface area contributed by atoms with Gasteiger partial charge in [0, 0.05) is 17.8 Å². The second-order valence-corrected chi connectivity index (χ2v) is 5.75. The van der Waals surface area contributed by atoms with Gasteiger partial charge in [-0.25, -0.2) is 9.97 Å². The quantitative estimate of drug-likeness (QED) is 0.773. The minimum atomic E-state index is -0.267. The molecule has 0 bridgehead atoms. The molecule has 0 saturated heterocycles. The van der Waals surface area contributed by atoms with Crippen LogP contribution in [0.15, 0.2) is 40.9 Å². The zero-order chi connectivity index (χ0) is 16.5. The van der Waals surface area contributed by atoms with Crippen molar-refractivity contribution in [1.29, 1.82) is 0 Å². The molecule has 4 rings (SSSR count). The third kappa shape index (κ3) is 2.82. The number of benzene rings is 1. The maximum absolute atomic E-state index is 12.5. The molecule has 1 amide bonds. The average molecular weight is 323 g/mol. The van der Waals surface area contributed by atoms with Crippen LogP contribution in [0, 0.1) is 0 Å². The van der Waals surface area contributed by atoms with E-state index in [0.29, 0.717) is 29.7 Å². The molecule has 1 N–H and O–H groups in total. The molecule has 1 fully saturated rings. The molecule has 122 valence electrons. The molecule has 2 aromatic heterocycles. The summed E-state index contributed by atoms with van der Waals surface area (Å²) in [6.45, 7) is 2.30. The first-order valence-electron chi connectivity index (χ1n) is 8.04. The van der Waals surface area contributed by atoms with Crippen LogP contribution in [0.4, 0.5) is 5.69 Å². The largest absolute Gasteiger partial charge is 0.477 e. The van der Waals surface area contributed by atoms with Gasteiger partial charge in [0.15, 0.2) is 11.5 Å². The molecule has 1 aromatic carbocycles. The van der Waals surface area contributed by atoms with E-state index in [2.05, 4.69) is 15.3 Å². The van der Waals surface area contributed by atoms with Crippen LogP contribution in [0.5, 0.6) is 5.88 Å². The molecular formula is C18H17N3O3. The molecule has 6 heteroatoms. The molecule has 0 spiro atoms. The van der Waals surface area contributed by atoms with Crippen molar-refractivity contribution in [2.75, 3.05) is 11.9 Å². The smallest absolute Gasteiger partial charge is 0.261 e. The van der Waals surface area contributed by atoms with Gasteiger partial charge in [-0.15, -0.1) is 0 Å². The number of pyridine rings is 1. The zero-order valence-corrected chi connectivity index (χ0v) is 13.3. The highest BCUT2D eigenvalue weighted by Crippen LogP contribution is 2.40. The summed E-state index contributed by atoms with van der Waals surface area (Å²) < 4.78 is 11.1. The number of carbonyl (C=O) groups excluding carboxylic acids is 1. The predicted octanol–water partition coefficient (Wildman–Crippen LogP) is 3.75. The molecule has 0 unspecified atom stereocenters. The number of nitrogens with one attached hydrogen (secondary N) is 1. The van der Waals surface area contributed by atoms with Gasteiger partial charge < -0.3 is 14.5 Å². The number of rotatable bonds is 5. The van der Waals surface area contributed by atoms with Crippen LogP contribution in [0.1, 0.15) is 41.9 Å². The van der Waals surface area contributed by atoms with E-state index in [1.165, 1.54) is 0 Å². The molecule has 1 saturated carbocycles. The maximum Gasteiger partial charge on any atom is 0.261 e. The molecule has 2 heterocycles. The maximum atomic E-state index is 12.5. The van der Waals surface area contributed by atoms with E-state index >= 15 is 0 Å². The molecule has 0 atom stereocenters. The summed E-state index contributed by atoms with van der Waals surface area (Å²) >= 11 is 0. The highest BCUT2D eigenvalue weighted by Gasteiger charge is 2.28. The number of hydrogen-bond acceptors (Lipinski definition) is 5. The molecule has 0 aliphatic heterocycles. The number of amides is 1. The first-order valence-corrected chi connectivity index (χ1v) is 8.04. The third-order valence-electron chi connectivity index (χ3n) is 3.89. The van der Waals surface area contributed by atoms with Crippen molar-refractivity contribution in [2.45, 2.75) is 25.7 Å². The molecule has 1 aliphatic carbocycles. The number of aromatic nitrogens is 2. The van der Waals surface area contributed by atoms with Crippen LogP contribution < -0.4 is 10.1 Å². The molecular weight excluding hydrogens is 306 g/mol. The van der Waals surface area contributed by atoms with Crippen LogP contribution in [0.2, 0.25) is 0 Å². The fourth-order valence-corrected chi connectivity index (χ4v) is 2.54. The predicted molar refractivity (Wildman–Crippen MR) is 89.3 cm³/mol. The fraction of sp³-hybridized carbons (Fsp3) is 0.278. The Morgan fingerprint density at radius 2 is 2.25 bits per heavy atom. The Kier molecular flexibility index (Phi) is 3.65. The molecule has 1 aliphatic rings. The van der Waals surface area contributed by atoms with Crippen LogP contribution in [-0.2, 0) is 0 Å². The lowest BCUT2D eigenvalue weighted by molar-refractivity contribution is 0.102. The first kappa shape index (κ1) is 14.7. The summed E-state index contributed by atoms with van der Waals surface area (Å²) in [5.41, 5.74) is 2.56. The van der Waals surface area contributed by atoms with Crippen molar-refractivity contribution in [3.63, 3.8) is 0 Å². The van der Waals surface area contributed by atoms with Gasteiger partial charge in [0.2, 0.25) is 5.88 Å². The summed E-state index contributed by atoms with van der Waals surface area (Å²) in [7, 11) is 0. The number of oxazole rings is 1. The minimum absolute atomic E-state index is 0.267. The number of ether oxygens (including phenoxy) is 1. The third-order valence-corrected chi connectivity index (χ3v) is 3.89. The van der Waals surface area contributed by atoms with E-state index in [4.69, 9.17) is 9.15 Å². The lowest BCUT2D eigenvalue weighted by atomic mass is 10.2. The van der Waals surface area contributed by atoms with Gasteiger partial charge in [0.05, 0.1) is 6.61 Å². The van der Waals surface area contributed by atoms with Gasteiger partial charge in [0.1, 0.15) is 11.1 Å². The lowest BCUT2D eigenvalue weighted by Gasteiger charge is -2.09. The molecule has 6 nitrogen and oxygen atoms in total. The van der Waals surface area contributed by atoms with E-state index in [1.54, 1.807) is 24.4 Å².